The van der Waals surface area contributed by atoms with Gasteiger partial charge < -0.3 is 9.64 Å². The van der Waals surface area contributed by atoms with Crippen LogP contribution in [0.4, 0.5) is 5.69 Å². The number of halogens is 3. The number of anilines is 1. The summed E-state index contributed by atoms with van der Waals surface area (Å²) in [7, 11) is 0. The molecule has 1 saturated heterocycles. The highest BCUT2D eigenvalue weighted by atomic mass is 79.9. The molecule has 0 bridgehead atoms. The average Bonchev–Trinajstić information content (AvgIpc) is 3.13. The van der Waals surface area contributed by atoms with E-state index in [0.717, 1.165) is 31.4 Å². The summed E-state index contributed by atoms with van der Waals surface area (Å²) in [6.45, 7) is 3.93. The highest BCUT2D eigenvalue weighted by molar-refractivity contribution is 9.11. The molecule has 2 aromatic rings. The van der Waals surface area contributed by atoms with Crippen LogP contribution in [0.1, 0.15) is 17.2 Å². The Morgan fingerprint density at radius 2 is 1.88 bits per heavy atom. The molecule has 2 radical (unpaired) electrons. The molecule has 3 aliphatic rings. The summed E-state index contributed by atoms with van der Waals surface area (Å²) >= 11 is 10.8. The number of amidine groups is 1. The van der Waals surface area contributed by atoms with Crippen LogP contribution < -0.4 is 5.01 Å². The van der Waals surface area contributed by atoms with Crippen LogP contribution in [0, 0.1) is 6.67 Å². The molecule has 2 aromatic carbocycles. The van der Waals surface area contributed by atoms with Gasteiger partial charge in [0, 0.05) is 19.8 Å². The van der Waals surface area contributed by atoms with E-state index in [1.807, 2.05) is 12.1 Å². The second-order valence-corrected chi connectivity index (χ2v) is 8.84. The van der Waals surface area contributed by atoms with E-state index in [-0.39, 0.29) is 12.1 Å². The van der Waals surface area contributed by atoms with Gasteiger partial charge in [-0.15, -0.1) is 0 Å². The van der Waals surface area contributed by atoms with Gasteiger partial charge in [-0.25, -0.2) is 5.01 Å². The molecular weight excluding hydrogens is 514 g/mol. The van der Waals surface area contributed by atoms with Crippen molar-refractivity contribution in [1.29, 1.82) is 0 Å². The van der Waals surface area contributed by atoms with Crippen molar-refractivity contribution in [2.24, 2.45) is 5.10 Å². The Morgan fingerprint density at radius 1 is 1.12 bits per heavy atom. The lowest BCUT2D eigenvalue weighted by Crippen LogP contribution is -2.44. The van der Waals surface area contributed by atoms with E-state index < -0.39 is 0 Å². The number of ether oxygens (including phenoxy) is 1. The number of hydrogen-bond acceptors (Lipinski definition) is 4. The predicted octanol–water partition coefficient (Wildman–Crippen LogP) is 5.10. The molecule has 0 spiro atoms. The molecule has 7 heteroatoms. The monoisotopic (exact) mass is 523 g/mol. The number of rotatable bonds is 1. The van der Waals surface area contributed by atoms with E-state index in [4.69, 9.17) is 9.84 Å². The summed E-state index contributed by atoms with van der Waals surface area (Å²) in [5.41, 5.74) is 3.58. The minimum absolute atomic E-state index is 0.140. The van der Waals surface area contributed by atoms with Crippen LogP contribution in [-0.4, -0.2) is 23.4 Å². The van der Waals surface area contributed by atoms with E-state index in [1.54, 1.807) is 5.01 Å². The normalized spacial score (nSPS) is 24.0. The van der Waals surface area contributed by atoms with E-state index >= 15 is 0 Å². The Bertz CT molecular complexity index is 878. The van der Waals surface area contributed by atoms with E-state index in [0.29, 0.717) is 6.61 Å². The van der Waals surface area contributed by atoms with Crippen molar-refractivity contribution in [3.63, 3.8) is 0 Å². The largest absolute Gasteiger partial charge is 0.367 e. The Labute approximate surface area is 171 Å². The van der Waals surface area contributed by atoms with Gasteiger partial charge in [-0.3, -0.25) is 0 Å². The van der Waals surface area contributed by atoms with E-state index in [2.05, 4.69) is 83.6 Å². The first-order chi connectivity index (χ1) is 12.1. The summed E-state index contributed by atoms with van der Waals surface area (Å²) in [5, 5.41) is 6.52. The van der Waals surface area contributed by atoms with Crippen LogP contribution in [0.25, 0.3) is 0 Å². The minimum atomic E-state index is 0.140. The van der Waals surface area contributed by atoms with E-state index in [1.165, 1.54) is 11.1 Å². The zero-order chi connectivity index (χ0) is 17.1. The van der Waals surface area contributed by atoms with Crippen LogP contribution >= 0.6 is 47.8 Å². The molecule has 2 heterocycles. The zero-order valence-electron chi connectivity index (χ0n) is 12.9. The van der Waals surface area contributed by atoms with Crippen molar-refractivity contribution < 1.29 is 4.74 Å². The Kier molecular flexibility index (Phi) is 3.96. The second kappa shape index (κ2) is 6.08. The number of nitrogens with zero attached hydrogens (tertiary/aromatic N) is 3. The number of hydrogen-bond donors (Lipinski definition) is 0. The van der Waals surface area contributed by atoms with Gasteiger partial charge >= 0.3 is 0 Å². The average molecular weight is 526 g/mol. The van der Waals surface area contributed by atoms with Crippen LogP contribution in [0.2, 0.25) is 0 Å². The third kappa shape index (κ3) is 2.59. The van der Waals surface area contributed by atoms with Crippen molar-refractivity contribution >= 4 is 59.3 Å². The van der Waals surface area contributed by atoms with Gasteiger partial charge in [0.25, 0.3) is 0 Å². The fourth-order valence-electron chi connectivity index (χ4n) is 3.68. The number of morpholine rings is 1. The molecule has 4 nitrogen and oxygen atoms in total. The van der Waals surface area contributed by atoms with Gasteiger partial charge in [0.2, 0.25) is 6.67 Å². The topological polar surface area (TPSA) is 28.1 Å². The van der Waals surface area contributed by atoms with Crippen molar-refractivity contribution in [2.45, 2.75) is 18.6 Å². The maximum atomic E-state index is 6.09. The first-order valence-electron chi connectivity index (χ1n) is 7.89. The molecular formula is C18H12Br3N3O. The smallest absolute Gasteiger partial charge is 0.233 e. The third-order valence-corrected chi connectivity index (χ3v) is 6.41. The Hall–Kier alpha value is -0.890. The molecule has 0 saturated carbocycles. The molecule has 0 amide bonds. The molecule has 5 rings (SSSR count). The van der Waals surface area contributed by atoms with Gasteiger partial charge in [0.1, 0.15) is 6.61 Å². The number of benzene rings is 2. The lowest BCUT2D eigenvalue weighted by Gasteiger charge is -2.35. The number of fused-ring (bicyclic) bond motifs is 5. The zero-order valence-corrected chi connectivity index (χ0v) is 17.7. The molecule has 2 atom stereocenters. The van der Waals surface area contributed by atoms with Crippen molar-refractivity contribution in [2.75, 3.05) is 11.6 Å². The second-order valence-electron chi connectivity index (χ2n) is 6.21. The molecule has 1 fully saturated rings. The predicted molar refractivity (Wildman–Crippen MR) is 107 cm³/mol. The Balaban J connectivity index is 1.52. The maximum absolute atomic E-state index is 6.09. The van der Waals surface area contributed by atoms with Gasteiger partial charge in [-0.2, -0.15) is 5.10 Å². The van der Waals surface area contributed by atoms with Gasteiger partial charge in [-0.05, 0) is 55.1 Å². The summed E-state index contributed by atoms with van der Waals surface area (Å²) in [6, 6.07) is 12.7. The van der Waals surface area contributed by atoms with Gasteiger partial charge in [-0.1, -0.05) is 40.2 Å². The standard InChI is InChI=1S/C18H12Br3N3O/c19-11-6-13(20)18(14(21)7-11)24-9-23-16(22-24)8-25-15-5-10-3-1-2-4-12(10)17(15)23/h1-4,6-7,15,17H,5,8H2/t15-,17?/m1/s1. The molecule has 0 N–H and O–H groups in total. The van der Waals surface area contributed by atoms with Gasteiger partial charge in [0.15, 0.2) is 5.84 Å². The minimum Gasteiger partial charge on any atom is -0.367 e. The van der Waals surface area contributed by atoms with Crippen LogP contribution in [-0.2, 0) is 11.2 Å². The quantitative estimate of drug-likeness (QED) is 0.518. The molecule has 25 heavy (non-hydrogen) atoms. The highest BCUT2D eigenvalue weighted by Gasteiger charge is 2.46. The highest BCUT2D eigenvalue weighted by Crippen LogP contribution is 2.45. The third-order valence-electron chi connectivity index (χ3n) is 4.74. The Morgan fingerprint density at radius 3 is 2.68 bits per heavy atom. The molecule has 1 aliphatic carbocycles. The van der Waals surface area contributed by atoms with Crippen molar-refractivity contribution in [3.05, 3.63) is 67.6 Å². The molecule has 2 aliphatic heterocycles. The van der Waals surface area contributed by atoms with Crippen molar-refractivity contribution in [3.8, 4) is 0 Å². The van der Waals surface area contributed by atoms with Crippen LogP contribution in [0.3, 0.4) is 0 Å². The number of hydrazone groups is 1. The molecule has 1 unspecified atom stereocenters. The van der Waals surface area contributed by atoms with E-state index in [9.17, 15) is 0 Å². The summed E-state index contributed by atoms with van der Waals surface area (Å²) in [6.07, 6.45) is 1.10. The summed E-state index contributed by atoms with van der Waals surface area (Å²) < 4.78 is 8.96. The van der Waals surface area contributed by atoms with Crippen LogP contribution in [0.5, 0.6) is 0 Å². The first-order valence-corrected chi connectivity index (χ1v) is 10.3. The summed E-state index contributed by atoms with van der Waals surface area (Å²) in [4.78, 5) is 2.14. The van der Waals surface area contributed by atoms with Crippen LogP contribution in [0.15, 0.2) is 54.9 Å². The van der Waals surface area contributed by atoms with Gasteiger partial charge in [0.05, 0.1) is 17.8 Å². The lowest BCUT2D eigenvalue weighted by molar-refractivity contribution is 0.0119. The maximum Gasteiger partial charge on any atom is 0.233 e. The van der Waals surface area contributed by atoms with Crippen molar-refractivity contribution in [1.82, 2.24) is 4.90 Å². The molecule has 0 aromatic heterocycles. The SMILES string of the molecule is Brc1cc(Br)c(N2[C]N3C(=N2)CO[C@@H]2Cc4ccccc4C23)c(Br)c1. The fourth-order valence-corrected chi connectivity index (χ4v) is 6.27. The fraction of sp³-hybridized carbons (Fsp3) is 0.222. The molecule has 126 valence electrons. The summed E-state index contributed by atoms with van der Waals surface area (Å²) in [5.74, 6) is 0.889. The lowest BCUT2D eigenvalue weighted by atomic mass is 10.1. The first kappa shape index (κ1) is 16.3.